The first-order valence-electron chi connectivity index (χ1n) is 1.64. The van der Waals surface area contributed by atoms with Crippen LogP contribution in [0.25, 0.3) is 0 Å². The molecule has 0 aromatic carbocycles. The number of ether oxygens (including phenoxy) is 1. The van der Waals surface area contributed by atoms with Gasteiger partial charge in [0.2, 0.25) is 0 Å². The smallest absolute Gasteiger partial charge is 0.335 e. The molecule has 7 heteroatoms. The Morgan fingerprint density at radius 3 is 2.00 bits per heavy atom. The Kier molecular flexibility index (Phi) is 5.94. The van der Waals surface area contributed by atoms with E-state index in [1.54, 1.807) is 0 Å². The third-order valence-corrected chi connectivity index (χ3v) is 0.308. The summed E-state index contributed by atoms with van der Waals surface area (Å²) in [6.07, 6.45) is 0. The van der Waals surface area contributed by atoms with E-state index in [9.17, 15) is 0 Å². The first-order chi connectivity index (χ1) is 3.66. The number of rotatable bonds is 0. The van der Waals surface area contributed by atoms with Crippen molar-refractivity contribution in [3.05, 3.63) is 0 Å². The molecule has 9 heavy (non-hydrogen) atoms. The third kappa shape index (κ3) is 6.83. The van der Waals surface area contributed by atoms with Gasteiger partial charge >= 0.3 is 6.02 Å². The van der Waals surface area contributed by atoms with Crippen molar-refractivity contribution < 1.29 is 4.74 Å². The van der Waals surface area contributed by atoms with Gasteiger partial charge in [0.15, 0.2) is 0 Å². The van der Waals surface area contributed by atoms with Gasteiger partial charge in [0, 0.05) is 0 Å². The molecule has 0 aromatic heterocycles. The molecular formula is C2H6ClN5O. The molecule has 0 atom stereocenters. The van der Waals surface area contributed by atoms with Crippen molar-refractivity contribution in [1.82, 2.24) is 0 Å². The lowest BCUT2D eigenvalue weighted by atomic mass is 11.1. The van der Waals surface area contributed by atoms with Crippen LogP contribution in [-0.2, 0) is 4.74 Å². The Morgan fingerprint density at radius 1 is 1.44 bits per heavy atom. The highest BCUT2D eigenvalue weighted by Crippen LogP contribution is 1.75. The predicted molar refractivity (Wildman–Crippen MR) is 33.1 cm³/mol. The molecule has 0 radical (unpaired) electrons. The van der Waals surface area contributed by atoms with Crippen molar-refractivity contribution in [2.24, 2.45) is 10.8 Å². The van der Waals surface area contributed by atoms with Gasteiger partial charge in [-0.3, -0.25) is 5.41 Å². The quantitative estimate of drug-likeness (QED) is 0.226. The largest absolute Gasteiger partial charge is 0.390 e. The molecule has 0 saturated heterocycles. The summed E-state index contributed by atoms with van der Waals surface area (Å²) in [5, 5.41) is 15.4. The van der Waals surface area contributed by atoms with Crippen molar-refractivity contribution in [2.45, 2.75) is 0 Å². The van der Waals surface area contributed by atoms with Gasteiger partial charge in [-0.1, -0.05) is 0 Å². The molecule has 0 aliphatic carbocycles. The Balaban J connectivity index is 0. The minimum absolute atomic E-state index is 0. The van der Waals surface area contributed by atoms with Crippen LogP contribution >= 0.6 is 12.4 Å². The van der Waals surface area contributed by atoms with Crippen LogP contribution in [0.4, 0.5) is 0 Å². The van der Waals surface area contributed by atoms with E-state index in [0.717, 1.165) is 0 Å². The van der Waals surface area contributed by atoms with Gasteiger partial charge in [0.1, 0.15) is 0 Å². The summed E-state index contributed by atoms with van der Waals surface area (Å²) < 4.78 is 3.99. The van der Waals surface area contributed by atoms with Crippen LogP contribution in [0.2, 0.25) is 0 Å². The van der Waals surface area contributed by atoms with Gasteiger partial charge in [-0.2, -0.15) is 5.53 Å². The van der Waals surface area contributed by atoms with Gasteiger partial charge in [-0.05, 0) is 0 Å². The highest BCUT2D eigenvalue weighted by Gasteiger charge is 1.92. The molecule has 0 aromatic rings. The predicted octanol–water partition coefficient (Wildman–Crippen LogP) is 0.284. The Bertz CT molecular complexity index is 133. The number of nitrogens with one attached hydrogen (secondary N) is 3. The molecule has 0 rings (SSSR count). The van der Waals surface area contributed by atoms with Gasteiger partial charge in [-0.25, -0.2) is 5.41 Å². The van der Waals surface area contributed by atoms with Crippen molar-refractivity contribution in [3.63, 3.8) is 0 Å². The van der Waals surface area contributed by atoms with E-state index in [1.807, 2.05) is 0 Å². The molecule has 0 amide bonds. The molecule has 52 valence electrons. The summed E-state index contributed by atoms with van der Waals surface area (Å²) in [6, 6.07) is -1.32. The maximum Gasteiger partial charge on any atom is 0.335 e. The average molecular weight is 152 g/mol. The van der Waals surface area contributed by atoms with Gasteiger partial charge in [0.25, 0.3) is 6.02 Å². The molecule has 0 saturated carbocycles. The standard InChI is InChI=1S/C2H5N5O.ClH/c3-1(4)8-2(5)7-6;/h5-6H,(H3,3,4);1H. The molecule has 0 heterocycles. The number of nitrogens with zero attached hydrogens (tertiary/aromatic N) is 1. The van der Waals surface area contributed by atoms with Crippen LogP contribution in [0.5, 0.6) is 0 Å². The number of hydrogen-bond donors (Lipinski definition) is 4. The number of amidine groups is 2. The fraction of sp³-hybridized carbons (Fsp3) is 0. The summed E-state index contributed by atoms with van der Waals surface area (Å²) in [6.45, 7) is 0. The zero-order chi connectivity index (χ0) is 6.57. The van der Waals surface area contributed by atoms with Gasteiger partial charge < -0.3 is 10.5 Å². The van der Waals surface area contributed by atoms with Gasteiger partial charge in [0.05, 0.1) is 0 Å². The highest BCUT2D eigenvalue weighted by atomic mass is 35.5. The molecule has 5 N–H and O–H groups in total. The van der Waals surface area contributed by atoms with Crippen molar-refractivity contribution in [1.29, 1.82) is 16.3 Å². The molecular weight excluding hydrogens is 146 g/mol. The molecule has 6 nitrogen and oxygen atoms in total. The van der Waals surface area contributed by atoms with Crippen molar-refractivity contribution in [3.8, 4) is 0 Å². The van der Waals surface area contributed by atoms with E-state index in [1.165, 1.54) is 0 Å². The maximum absolute atomic E-state index is 6.47. The van der Waals surface area contributed by atoms with E-state index in [-0.39, 0.29) is 12.4 Å². The topological polar surface area (TPSA) is 119 Å². The SMILES string of the molecule is Cl.N=NC(=N)OC(=N)N. The molecule has 0 bridgehead atoms. The zero-order valence-electron chi connectivity index (χ0n) is 4.34. The Morgan fingerprint density at radius 2 is 1.89 bits per heavy atom. The first-order valence-corrected chi connectivity index (χ1v) is 1.64. The fourth-order valence-corrected chi connectivity index (χ4v) is 0.127. The van der Waals surface area contributed by atoms with E-state index in [0.29, 0.717) is 0 Å². The van der Waals surface area contributed by atoms with Crippen LogP contribution < -0.4 is 5.73 Å². The highest BCUT2D eigenvalue weighted by molar-refractivity contribution is 5.85. The van der Waals surface area contributed by atoms with Crippen molar-refractivity contribution >= 4 is 24.5 Å². The number of halogens is 1. The molecule has 0 spiro atoms. The van der Waals surface area contributed by atoms with E-state index >= 15 is 0 Å². The Hall–Kier alpha value is -1.17. The van der Waals surface area contributed by atoms with Crippen LogP contribution in [0.3, 0.4) is 0 Å². The lowest BCUT2D eigenvalue weighted by Gasteiger charge is -1.93. The third-order valence-electron chi connectivity index (χ3n) is 0.308. The van der Waals surface area contributed by atoms with Crippen LogP contribution in [0.1, 0.15) is 0 Å². The van der Waals surface area contributed by atoms with E-state index < -0.39 is 12.0 Å². The molecule has 0 aliphatic rings. The lowest BCUT2D eigenvalue weighted by molar-refractivity contribution is 0.511. The monoisotopic (exact) mass is 151 g/mol. The summed E-state index contributed by atoms with van der Waals surface area (Å²) in [5.41, 5.74) is 10.8. The van der Waals surface area contributed by atoms with Crippen LogP contribution in [0.15, 0.2) is 5.11 Å². The maximum atomic E-state index is 6.47. The lowest BCUT2D eigenvalue weighted by Crippen LogP contribution is -2.16. The minimum atomic E-state index is -0.683. The second-order valence-electron chi connectivity index (χ2n) is 0.883. The summed E-state index contributed by atoms with van der Waals surface area (Å²) in [5.74, 6) is 0. The van der Waals surface area contributed by atoms with Crippen molar-refractivity contribution in [2.75, 3.05) is 0 Å². The second-order valence-corrected chi connectivity index (χ2v) is 0.883. The van der Waals surface area contributed by atoms with E-state index in [4.69, 9.17) is 16.3 Å². The van der Waals surface area contributed by atoms with E-state index in [2.05, 4.69) is 15.6 Å². The normalized spacial score (nSPS) is 6.67. The van der Waals surface area contributed by atoms with Gasteiger partial charge in [-0.15, -0.1) is 17.5 Å². The van der Waals surface area contributed by atoms with Crippen LogP contribution in [0, 0.1) is 16.3 Å². The summed E-state index contributed by atoms with van der Waals surface area (Å²) >= 11 is 0. The zero-order valence-corrected chi connectivity index (χ0v) is 5.16. The molecule has 0 unspecified atom stereocenters. The molecule has 0 fully saturated rings. The first kappa shape index (κ1) is 10.7. The summed E-state index contributed by atoms with van der Waals surface area (Å²) in [4.78, 5) is 0. The summed E-state index contributed by atoms with van der Waals surface area (Å²) in [7, 11) is 0. The fourth-order valence-electron chi connectivity index (χ4n) is 0.127. The average Bonchev–Trinajstić information content (AvgIpc) is 1.65. The van der Waals surface area contributed by atoms with Crippen LogP contribution in [-0.4, -0.2) is 12.0 Å². The second kappa shape index (κ2) is 4.98. The number of nitrogens with two attached hydrogens (primary N) is 1. The Labute approximate surface area is 57.3 Å². The number of hydrogen-bond acceptors (Lipinski definition) is 4. The minimum Gasteiger partial charge on any atom is -0.390 e. The molecule has 0 aliphatic heterocycles.